The average Bonchev–Trinajstić information content (AvgIpc) is 3.61. The molecule has 0 radical (unpaired) electrons. The van der Waals surface area contributed by atoms with Crippen LogP contribution in [0, 0.1) is 0 Å². The van der Waals surface area contributed by atoms with E-state index in [1.54, 1.807) is 0 Å². The highest BCUT2D eigenvalue weighted by molar-refractivity contribution is 5.81. The molecule has 4 aromatic carbocycles. The van der Waals surface area contributed by atoms with Crippen molar-refractivity contribution in [1.29, 1.82) is 0 Å². The van der Waals surface area contributed by atoms with Gasteiger partial charge in [-0.1, -0.05) is 152 Å². The van der Waals surface area contributed by atoms with E-state index in [0.717, 1.165) is 12.8 Å². The average molecular weight is 537 g/mol. The predicted octanol–water partition coefficient (Wildman–Crippen LogP) is 10.6. The Morgan fingerprint density at radius 1 is 0.610 bits per heavy atom. The summed E-state index contributed by atoms with van der Waals surface area (Å²) >= 11 is 0. The lowest BCUT2D eigenvalue weighted by molar-refractivity contribution is 0.551. The molecule has 0 bridgehead atoms. The van der Waals surface area contributed by atoms with Crippen LogP contribution in [0.5, 0.6) is 0 Å². The van der Waals surface area contributed by atoms with Gasteiger partial charge in [-0.15, -0.1) is 0 Å². The molecule has 0 heteroatoms. The Balaban J connectivity index is 1.65. The van der Waals surface area contributed by atoms with Crippen LogP contribution < -0.4 is 0 Å². The van der Waals surface area contributed by atoms with Gasteiger partial charge in [0.05, 0.1) is 0 Å². The summed E-state index contributed by atoms with van der Waals surface area (Å²) < 4.78 is 0. The largest absolute Gasteiger partial charge is 0.0732 e. The van der Waals surface area contributed by atoms with Gasteiger partial charge in [0.15, 0.2) is 0 Å². The van der Waals surface area contributed by atoms with Crippen molar-refractivity contribution in [2.24, 2.45) is 0 Å². The van der Waals surface area contributed by atoms with E-state index in [1.807, 2.05) is 0 Å². The minimum absolute atomic E-state index is 0.0175. The lowest BCUT2D eigenvalue weighted by Crippen LogP contribution is -2.29. The normalized spacial score (nSPS) is 14.9. The highest BCUT2D eigenvalue weighted by Crippen LogP contribution is 2.49. The van der Waals surface area contributed by atoms with Crippen molar-refractivity contribution in [3.8, 4) is 11.1 Å². The summed E-state index contributed by atoms with van der Waals surface area (Å²) in [5.74, 6) is 0.300. The van der Waals surface area contributed by atoms with Gasteiger partial charge in [0.1, 0.15) is 0 Å². The van der Waals surface area contributed by atoms with Gasteiger partial charge in [-0.25, -0.2) is 0 Å². The molecule has 0 spiro atoms. The summed E-state index contributed by atoms with van der Waals surface area (Å²) in [5.41, 5.74) is 14.5. The van der Waals surface area contributed by atoms with Crippen molar-refractivity contribution in [1.82, 2.24) is 0 Å². The quantitative estimate of drug-likeness (QED) is 0.210. The van der Waals surface area contributed by atoms with Gasteiger partial charge in [0.2, 0.25) is 0 Å². The smallest absolute Gasteiger partial charge is 0.0215 e. The van der Waals surface area contributed by atoms with E-state index in [2.05, 4.69) is 158 Å². The standard InChI is InChI=1S/C41H44/c1-39(2,3)32-23-22-29-24-34-35(33(29)25-32)26-37(40(4,5)6)38(28-16-14-15-17-28)36(34)27-41(7,30-18-10-8-11-19-30)31-20-12-9-13-21-31/h8-23,25-26,28H,24,27H2,1-7H3. The van der Waals surface area contributed by atoms with Crippen LogP contribution in [0.3, 0.4) is 0 Å². The van der Waals surface area contributed by atoms with E-state index in [-0.39, 0.29) is 16.2 Å². The number of hydrogen-bond acceptors (Lipinski definition) is 0. The predicted molar refractivity (Wildman–Crippen MR) is 176 cm³/mol. The van der Waals surface area contributed by atoms with Gasteiger partial charge in [-0.05, 0) is 85.4 Å². The highest BCUT2D eigenvalue weighted by atomic mass is 14.4. The number of hydrogen-bond donors (Lipinski definition) is 0. The summed E-state index contributed by atoms with van der Waals surface area (Å²) in [5, 5.41) is 0. The topological polar surface area (TPSA) is 0 Å². The molecule has 2 aliphatic carbocycles. The second-order valence-corrected chi connectivity index (χ2v) is 14.4. The minimum Gasteiger partial charge on any atom is -0.0732 e. The molecule has 208 valence electrons. The monoisotopic (exact) mass is 536 g/mol. The van der Waals surface area contributed by atoms with E-state index in [1.165, 1.54) is 55.6 Å². The Morgan fingerprint density at radius 3 is 1.73 bits per heavy atom. The Hall–Kier alpha value is -3.64. The molecule has 0 saturated carbocycles. The first-order valence-corrected chi connectivity index (χ1v) is 15.3. The van der Waals surface area contributed by atoms with Gasteiger partial charge >= 0.3 is 0 Å². The first kappa shape index (κ1) is 27.5. The second kappa shape index (κ2) is 10.0. The fraction of sp³-hybridized carbons (Fsp3) is 0.317. The van der Waals surface area contributed by atoms with Crippen LogP contribution in [0.15, 0.2) is 109 Å². The lowest BCUT2D eigenvalue weighted by atomic mass is 9.67. The number of rotatable bonds is 5. The zero-order valence-corrected chi connectivity index (χ0v) is 25.9. The Labute approximate surface area is 247 Å². The molecule has 0 amide bonds. The van der Waals surface area contributed by atoms with Gasteiger partial charge in [-0.3, -0.25) is 0 Å². The SMILES string of the molecule is CC(C)(C)c1ccc2c(c1)-c1cc(C(C)(C)C)c(C3C=CC=C3)c(CC(C)(c3ccccc3)c3ccccc3)c1C2. The van der Waals surface area contributed by atoms with Crippen LogP contribution >= 0.6 is 0 Å². The van der Waals surface area contributed by atoms with E-state index in [9.17, 15) is 0 Å². The maximum Gasteiger partial charge on any atom is 0.0215 e. The maximum absolute atomic E-state index is 2.56. The number of fused-ring (bicyclic) bond motifs is 3. The third kappa shape index (κ3) is 4.93. The number of benzene rings is 4. The van der Waals surface area contributed by atoms with E-state index >= 15 is 0 Å². The molecule has 6 rings (SSSR count). The number of allylic oxidation sites excluding steroid dienone is 4. The Bertz CT molecular complexity index is 1580. The van der Waals surface area contributed by atoms with Gasteiger partial charge in [-0.2, -0.15) is 0 Å². The molecule has 0 aromatic heterocycles. The fourth-order valence-electron chi connectivity index (χ4n) is 7.04. The minimum atomic E-state index is -0.168. The molecule has 2 aliphatic rings. The van der Waals surface area contributed by atoms with E-state index in [0.29, 0.717) is 5.92 Å². The summed E-state index contributed by atoms with van der Waals surface area (Å²) in [4.78, 5) is 0. The van der Waals surface area contributed by atoms with Crippen molar-refractivity contribution in [3.05, 3.63) is 154 Å². The maximum atomic E-state index is 2.56. The molecule has 0 fully saturated rings. The van der Waals surface area contributed by atoms with Crippen molar-refractivity contribution in [3.63, 3.8) is 0 Å². The highest BCUT2D eigenvalue weighted by Gasteiger charge is 2.37. The molecule has 0 heterocycles. The third-order valence-electron chi connectivity index (χ3n) is 9.47. The first-order chi connectivity index (χ1) is 19.5. The van der Waals surface area contributed by atoms with Crippen molar-refractivity contribution < 1.29 is 0 Å². The Kier molecular flexibility index (Phi) is 6.73. The summed E-state index contributed by atoms with van der Waals surface area (Å²) in [6.45, 7) is 16.6. The molecule has 0 unspecified atom stereocenters. The van der Waals surface area contributed by atoms with Crippen LogP contribution in [0.1, 0.15) is 98.9 Å². The van der Waals surface area contributed by atoms with Gasteiger partial charge in [0.25, 0.3) is 0 Å². The van der Waals surface area contributed by atoms with Crippen LogP contribution in [0.25, 0.3) is 11.1 Å². The molecule has 0 atom stereocenters. The summed E-state index contributed by atoms with van der Waals surface area (Å²) in [6.07, 6.45) is 11.2. The lowest BCUT2D eigenvalue weighted by Gasteiger charge is -2.36. The first-order valence-electron chi connectivity index (χ1n) is 15.3. The molecule has 0 saturated heterocycles. The summed E-state index contributed by atoms with van der Waals surface area (Å²) in [7, 11) is 0. The van der Waals surface area contributed by atoms with Crippen LogP contribution in [-0.2, 0) is 29.1 Å². The molecule has 0 aliphatic heterocycles. The molecule has 4 aromatic rings. The van der Waals surface area contributed by atoms with Crippen molar-refractivity contribution >= 4 is 0 Å². The molecular formula is C41H44. The van der Waals surface area contributed by atoms with E-state index in [4.69, 9.17) is 0 Å². The van der Waals surface area contributed by atoms with Crippen LogP contribution in [0.2, 0.25) is 0 Å². The van der Waals surface area contributed by atoms with Crippen molar-refractivity contribution in [2.75, 3.05) is 0 Å². The van der Waals surface area contributed by atoms with Crippen molar-refractivity contribution in [2.45, 2.75) is 83.5 Å². The van der Waals surface area contributed by atoms with E-state index < -0.39 is 0 Å². The molecular weight excluding hydrogens is 492 g/mol. The third-order valence-corrected chi connectivity index (χ3v) is 9.47. The second-order valence-electron chi connectivity index (χ2n) is 14.4. The summed E-state index contributed by atoms with van der Waals surface area (Å²) in [6, 6.07) is 32.1. The van der Waals surface area contributed by atoms with Gasteiger partial charge in [0, 0.05) is 11.3 Å². The molecule has 41 heavy (non-hydrogen) atoms. The zero-order valence-electron chi connectivity index (χ0n) is 25.9. The van der Waals surface area contributed by atoms with Crippen LogP contribution in [-0.4, -0.2) is 0 Å². The Morgan fingerprint density at radius 2 is 1.20 bits per heavy atom. The zero-order chi connectivity index (χ0) is 29.0. The fourth-order valence-corrected chi connectivity index (χ4v) is 7.04. The molecule has 0 nitrogen and oxygen atoms in total. The molecule has 0 N–H and O–H groups in total. The van der Waals surface area contributed by atoms with Gasteiger partial charge < -0.3 is 0 Å². The van der Waals surface area contributed by atoms with Crippen LogP contribution in [0.4, 0.5) is 0 Å².